The summed E-state index contributed by atoms with van der Waals surface area (Å²) < 4.78 is 41.6. The standard InChI is InChI=1S/C20H24F3N/c1-5-14(3)19(21)15(4)24(18-11-12-18)13-16-7-9-17(10-8-16)20(22,23)6-2/h6-10,18H,2,4-5,11-13H2,1,3H3/b19-14+. The third-order valence-electron chi connectivity index (χ3n) is 4.44. The van der Waals surface area contributed by atoms with Crippen LogP contribution in [0.5, 0.6) is 0 Å². The predicted molar refractivity (Wildman–Crippen MR) is 92.3 cm³/mol. The second-order valence-electron chi connectivity index (χ2n) is 6.28. The zero-order valence-corrected chi connectivity index (χ0v) is 14.3. The summed E-state index contributed by atoms with van der Waals surface area (Å²) in [5.74, 6) is -3.30. The van der Waals surface area contributed by atoms with Crippen molar-refractivity contribution in [1.29, 1.82) is 0 Å². The molecule has 1 aromatic carbocycles. The first kappa shape index (κ1) is 18.4. The maximum absolute atomic E-state index is 14.4. The Morgan fingerprint density at radius 3 is 2.33 bits per heavy atom. The highest BCUT2D eigenvalue weighted by Crippen LogP contribution is 2.35. The van der Waals surface area contributed by atoms with Crippen molar-refractivity contribution in [3.05, 3.63) is 71.7 Å². The van der Waals surface area contributed by atoms with Crippen LogP contribution in [0.1, 0.15) is 44.2 Å². The van der Waals surface area contributed by atoms with Gasteiger partial charge in [0.15, 0.2) is 0 Å². The van der Waals surface area contributed by atoms with Crippen LogP contribution in [0, 0.1) is 0 Å². The molecular formula is C20H24F3N. The van der Waals surface area contributed by atoms with Crippen LogP contribution < -0.4 is 0 Å². The molecule has 0 atom stereocenters. The minimum absolute atomic E-state index is 0.0917. The molecule has 2 rings (SSSR count). The van der Waals surface area contributed by atoms with Crippen LogP contribution in [0.4, 0.5) is 13.2 Å². The monoisotopic (exact) mass is 335 g/mol. The average Bonchev–Trinajstić information content (AvgIpc) is 3.43. The molecule has 1 aliphatic rings. The van der Waals surface area contributed by atoms with Gasteiger partial charge in [0.1, 0.15) is 5.83 Å². The number of halogens is 3. The second-order valence-corrected chi connectivity index (χ2v) is 6.28. The van der Waals surface area contributed by atoms with Crippen molar-refractivity contribution in [3.63, 3.8) is 0 Å². The first-order chi connectivity index (χ1) is 11.3. The maximum Gasteiger partial charge on any atom is 0.291 e. The number of nitrogens with zero attached hydrogens (tertiary/aromatic N) is 1. The number of hydrogen-bond acceptors (Lipinski definition) is 1. The highest BCUT2D eigenvalue weighted by molar-refractivity contribution is 5.31. The van der Waals surface area contributed by atoms with E-state index in [0.29, 0.717) is 30.3 Å². The fourth-order valence-electron chi connectivity index (χ4n) is 2.51. The van der Waals surface area contributed by atoms with Gasteiger partial charge in [-0.2, -0.15) is 8.78 Å². The smallest absolute Gasteiger partial charge is 0.291 e. The van der Waals surface area contributed by atoms with Gasteiger partial charge in [0.05, 0.1) is 5.70 Å². The van der Waals surface area contributed by atoms with E-state index in [1.807, 2.05) is 11.8 Å². The molecule has 130 valence electrons. The Morgan fingerprint density at radius 2 is 1.88 bits per heavy atom. The summed E-state index contributed by atoms with van der Waals surface area (Å²) in [6, 6.07) is 6.39. The third-order valence-corrected chi connectivity index (χ3v) is 4.44. The van der Waals surface area contributed by atoms with Gasteiger partial charge in [-0.15, -0.1) is 0 Å². The lowest BCUT2D eigenvalue weighted by Gasteiger charge is -2.27. The van der Waals surface area contributed by atoms with Crippen LogP contribution in [0.2, 0.25) is 0 Å². The fraction of sp³-hybridized carbons (Fsp3) is 0.400. The summed E-state index contributed by atoms with van der Waals surface area (Å²) in [6.45, 7) is 11.2. The number of hydrogen-bond donors (Lipinski definition) is 0. The Morgan fingerprint density at radius 1 is 1.29 bits per heavy atom. The van der Waals surface area contributed by atoms with Gasteiger partial charge in [-0.05, 0) is 43.4 Å². The van der Waals surface area contributed by atoms with Crippen LogP contribution >= 0.6 is 0 Å². The molecule has 0 spiro atoms. The molecule has 1 nitrogen and oxygen atoms in total. The largest absolute Gasteiger partial charge is 0.362 e. The normalized spacial score (nSPS) is 15.7. The van der Waals surface area contributed by atoms with Gasteiger partial charge in [0, 0.05) is 18.2 Å². The molecule has 24 heavy (non-hydrogen) atoms. The minimum atomic E-state index is -3.04. The van der Waals surface area contributed by atoms with Gasteiger partial charge >= 0.3 is 0 Å². The van der Waals surface area contributed by atoms with E-state index in [-0.39, 0.29) is 17.4 Å². The molecule has 0 N–H and O–H groups in total. The Balaban J connectivity index is 2.17. The summed E-state index contributed by atoms with van der Waals surface area (Å²) >= 11 is 0. The summed E-state index contributed by atoms with van der Waals surface area (Å²) in [5.41, 5.74) is 1.82. The Labute approximate surface area is 142 Å². The van der Waals surface area contributed by atoms with E-state index in [1.165, 1.54) is 12.1 Å². The van der Waals surface area contributed by atoms with Crippen molar-refractivity contribution in [2.45, 2.75) is 51.6 Å². The highest BCUT2D eigenvalue weighted by Gasteiger charge is 2.32. The molecule has 0 aromatic heterocycles. The van der Waals surface area contributed by atoms with E-state index in [0.717, 1.165) is 18.4 Å². The van der Waals surface area contributed by atoms with Crippen molar-refractivity contribution >= 4 is 0 Å². The Bertz CT molecular complexity index is 639. The van der Waals surface area contributed by atoms with E-state index < -0.39 is 5.92 Å². The summed E-state index contributed by atoms with van der Waals surface area (Å²) in [5, 5.41) is 0. The number of allylic oxidation sites excluding steroid dienone is 3. The van der Waals surface area contributed by atoms with E-state index in [9.17, 15) is 13.2 Å². The van der Waals surface area contributed by atoms with Crippen molar-refractivity contribution in [3.8, 4) is 0 Å². The molecule has 4 heteroatoms. The SMILES string of the molecule is C=CC(F)(F)c1ccc(CN(C(=C)/C(F)=C(/C)CC)C2CC2)cc1. The second kappa shape index (κ2) is 7.29. The van der Waals surface area contributed by atoms with Crippen LogP contribution in [0.25, 0.3) is 0 Å². The lowest BCUT2D eigenvalue weighted by atomic mass is 10.1. The molecule has 0 saturated heterocycles. The molecule has 0 unspecified atom stereocenters. The van der Waals surface area contributed by atoms with Crippen LogP contribution in [-0.4, -0.2) is 10.9 Å². The van der Waals surface area contributed by atoms with Gasteiger partial charge in [0.25, 0.3) is 5.92 Å². The molecule has 1 saturated carbocycles. The zero-order chi connectivity index (χ0) is 17.9. The van der Waals surface area contributed by atoms with E-state index in [2.05, 4.69) is 13.2 Å². The first-order valence-corrected chi connectivity index (χ1v) is 8.22. The van der Waals surface area contributed by atoms with E-state index in [4.69, 9.17) is 0 Å². The van der Waals surface area contributed by atoms with Gasteiger partial charge < -0.3 is 4.90 Å². The molecule has 0 amide bonds. The molecule has 0 heterocycles. The fourth-order valence-corrected chi connectivity index (χ4v) is 2.51. The van der Waals surface area contributed by atoms with Crippen molar-refractivity contribution < 1.29 is 13.2 Å². The zero-order valence-electron chi connectivity index (χ0n) is 14.3. The number of benzene rings is 1. The van der Waals surface area contributed by atoms with Gasteiger partial charge in [-0.25, -0.2) is 4.39 Å². The quantitative estimate of drug-likeness (QED) is 0.410. The van der Waals surface area contributed by atoms with Gasteiger partial charge in [-0.1, -0.05) is 44.3 Å². The maximum atomic E-state index is 14.4. The molecular weight excluding hydrogens is 311 g/mol. The topological polar surface area (TPSA) is 3.24 Å². The Kier molecular flexibility index (Phi) is 5.58. The van der Waals surface area contributed by atoms with Crippen LogP contribution in [0.3, 0.4) is 0 Å². The van der Waals surface area contributed by atoms with Crippen LogP contribution in [-0.2, 0) is 12.5 Å². The third kappa shape index (κ3) is 4.11. The lowest BCUT2D eigenvalue weighted by Crippen LogP contribution is -2.25. The van der Waals surface area contributed by atoms with Crippen molar-refractivity contribution in [1.82, 2.24) is 4.90 Å². The number of rotatable bonds is 8. The predicted octanol–water partition coefficient (Wildman–Crippen LogP) is 6.10. The van der Waals surface area contributed by atoms with E-state index >= 15 is 0 Å². The highest BCUT2D eigenvalue weighted by atomic mass is 19.3. The van der Waals surface area contributed by atoms with Crippen molar-refractivity contribution in [2.24, 2.45) is 0 Å². The molecule has 1 aliphatic carbocycles. The lowest BCUT2D eigenvalue weighted by molar-refractivity contribution is 0.0525. The van der Waals surface area contributed by atoms with E-state index in [1.54, 1.807) is 19.1 Å². The molecule has 0 bridgehead atoms. The molecule has 0 aliphatic heterocycles. The summed E-state index contributed by atoms with van der Waals surface area (Å²) in [7, 11) is 0. The molecule has 1 aromatic rings. The average molecular weight is 335 g/mol. The van der Waals surface area contributed by atoms with Gasteiger partial charge in [-0.3, -0.25) is 0 Å². The summed E-state index contributed by atoms with van der Waals surface area (Å²) in [6.07, 6.45) is 3.27. The first-order valence-electron chi connectivity index (χ1n) is 8.22. The number of alkyl halides is 2. The molecule has 0 radical (unpaired) electrons. The van der Waals surface area contributed by atoms with Crippen molar-refractivity contribution in [2.75, 3.05) is 0 Å². The minimum Gasteiger partial charge on any atom is -0.362 e. The molecule has 1 fully saturated rings. The van der Waals surface area contributed by atoms with Gasteiger partial charge in [0.2, 0.25) is 0 Å². The van der Waals surface area contributed by atoms with Crippen LogP contribution in [0.15, 0.2) is 60.6 Å². The Hall–Kier alpha value is -1.97. The summed E-state index contributed by atoms with van der Waals surface area (Å²) in [4.78, 5) is 1.94.